The third kappa shape index (κ3) is 2.21. The van der Waals surface area contributed by atoms with Crippen molar-refractivity contribution in [3.05, 3.63) is 65.7 Å². The van der Waals surface area contributed by atoms with E-state index in [-0.39, 0.29) is 16.9 Å². The molecule has 4 nitrogen and oxygen atoms in total. The number of imidazole rings is 1. The van der Waals surface area contributed by atoms with Crippen molar-refractivity contribution in [1.82, 2.24) is 9.55 Å². The molecule has 0 aliphatic rings. The van der Waals surface area contributed by atoms with Gasteiger partial charge >= 0.3 is 0 Å². The molecule has 0 saturated heterocycles. The second kappa shape index (κ2) is 5.34. The Morgan fingerprint density at radius 1 is 1.23 bits per heavy atom. The normalized spacial score (nSPS) is 12.0. The first-order chi connectivity index (χ1) is 10.6. The van der Waals surface area contributed by atoms with Crippen LogP contribution in [0.3, 0.4) is 0 Å². The van der Waals surface area contributed by atoms with E-state index >= 15 is 0 Å². The first-order valence-corrected chi connectivity index (χ1v) is 6.63. The van der Waals surface area contributed by atoms with E-state index in [9.17, 15) is 14.8 Å². The molecule has 0 bridgehead atoms. The fourth-order valence-corrected chi connectivity index (χ4v) is 2.36. The zero-order valence-electron chi connectivity index (χ0n) is 11.8. The lowest BCUT2D eigenvalue weighted by molar-refractivity contribution is 0.512. The third-order valence-corrected chi connectivity index (χ3v) is 3.46. The molecule has 1 aromatic heterocycles. The lowest BCUT2D eigenvalue weighted by Crippen LogP contribution is -1.99. The van der Waals surface area contributed by atoms with Gasteiger partial charge in [-0.25, -0.2) is 9.37 Å². The Kier molecular flexibility index (Phi) is 3.36. The van der Waals surface area contributed by atoms with Gasteiger partial charge in [0.1, 0.15) is 23.2 Å². The zero-order valence-corrected chi connectivity index (χ0v) is 11.8. The largest absolute Gasteiger partial charge is 0.506 e. The van der Waals surface area contributed by atoms with Gasteiger partial charge in [-0.1, -0.05) is 24.3 Å². The van der Waals surface area contributed by atoms with Crippen molar-refractivity contribution in [2.75, 3.05) is 0 Å². The van der Waals surface area contributed by atoms with E-state index in [1.807, 2.05) is 30.3 Å². The number of halogens is 1. The van der Waals surface area contributed by atoms with Crippen molar-refractivity contribution in [3.8, 4) is 6.07 Å². The summed E-state index contributed by atoms with van der Waals surface area (Å²) in [6.07, 6.45) is 0. The smallest absolute Gasteiger partial charge is 0.155 e. The van der Waals surface area contributed by atoms with E-state index in [0.29, 0.717) is 5.82 Å². The number of nitriles is 1. The molecule has 5 heteroatoms. The molecule has 1 heterocycles. The van der Waals surface area contributed by atoms with Crippen LogP contribution < -0.4 is 0 Å². The molecule has 0 unspecified atom stereocenters. The van der Waals surface area contributed by atoms with Crippen LogP contribution in [0.4, 0.5) is 4.39 Å². The fourth-order valence-electron chi connectivity index (χ4n) is 2.36. The summed E-state index contributed by atoms with van der Waals surface area (Å²) in [6, 6.07) is 14.9. The molecule has 0 fully saturated rings. The summed E-state index contributed by atoms with van der Waals surface area (Å²) in [6.45, 7) is 0. The number of hydrogen-bond donors (Lipinski definition) is 1. The number of benzene rings is 2. The van der Waals surface area contributed by atoms with Crippen molar-refractivity contribution in [2.45, 2.75) is 0 Å². The molecule has 0 aliphatic heterocycles. The molecular weight excluding hydrogens is 281 g/mol. The molecule has 22 heavy (non-hydrogen) atoms. The standard InChI is InChI=1S/C17H12FN3O/c1-21-15-8-3-2-7-14(15)20-17(21)13(10-19)16(22)11-5-4-6-12(18)9-11/h2-9,22H,1H3. The van der Waals surface area contributed by atoms with Crippen LogP contribution >= 0.6 is 0 Å². The Hall–Kier alpha value is -3.13. The first-order valence-electron chi connectivity index (χ1n) is 6.63. The topological polar surface area (TPSA) is 61.8 Å². The average molecular weight is 293 g/mol. The highest BCUT2D eigenvalue weighted by atomic mass is 19.1. The van der Waals surface area contributed by atoms with Gasteiger partial charge in [0.2, 0.25) is 0 Å². The van der Waals surface area contributed by atoms with Crippen molar-refractivity contribution in [1.29, 1.82) is 5.26 Å². The molecule has 108 valence electrons. The summed E-state index contributed by atoms with van der Waals surface area (Å²) < 4.78 is 15.0. The van der Waals surface area contributed by atoms with Crippen LogP contribution in [0.15, 0.2) is 48.5 Å². The highest BCUT2D eigenvalue weighted by Crippen LogP contribution is 2.26. The summed E-state index contributed by atoms with van der Waals surface area (Å²) in [4.78, 5) is 4.38. The summed E-state index contributed by atoms with van der Waals surface area (Å²) in [5.74, 6) is -0.433. The summed E-state index contributed by atoms with van der Waals surface area (Å²) in [5, 5.41) is 19.8. The van der Waals surface area contributed by atoms with Crippen molar-refractivity contribution >= 4 is 22.4 Å². The highest BCUT2D eigenvalue weighted by molar-refractivity contribution is 5.94. The molecule has 0 atom stereocenters. The number of aliphatic hydroxyl groups excluding tert-OH is 1. The lowest BCUT2D eigenvalue weighted by Gasteiger charge is -2.05. The maximum Gasteiger partial charge on any atom is 0.155 e. The first kappa shape index (κ1) is 13.8. The molecule has 0 amide bonds. The number of aliphatic hydroxyl groups is 1. The number of rotatable bonds is 2. The van der Waals surface area contributed by atoms with Crippen LogP contribution in [0.2, 0.25) is 0 Å². The summed E-state index contributed by atoms with van der Waals surface area (Å²) in [7, 11) is 1.76. The van der Waals surface area contributed by atoms with E-state index in [2.05, 4.69) is 4.98 Å². The number of aromatic nitrogens is 2. The van der Waals surface area contributed by atoms with E-state index < -0.39 is 5.82 Å². The van der Waals surface area contributed by atoms with E-state index in [1.165, 1.54) is 18.2 Å². The van der Waals surface area contributed by atoms with Crippen LogP contribution in [0.5, 0.6) is 0 Å². The van der Waals surface area contributed by atoms with Gasteiger partial charge < -0.3 is 9.67 Å². The Balaban J connectivity index is 2.24. The van der Waals surface area contributed by atoms with Crippen LogP contribution in [-0.4, -0.2) is 14.7 Å². The van der Waals surface area contributed by atoms with Gasteiger partial charge in [-0.3, -0.25) is 0 Å². The van der Waals surface area contributed by atoms with Gasteiger partial charge in [0.15, 0.2) is 5.82 Å². The van der Waals surface area contributed by atoms with Crippen molar-refractivity contribution < 1.29 is 9.50 Å². The van der Waals surface area contributed by atoms with Crippen molar-refractivity contribution in [2.24, 2.45) is 7.05 Å². The predicted molar refractivity (Wildman–Crippen MR) is 82.2 cm³/mol. The van der Waals surface area contributed by atoms with Crippen molar-refractivity contribution in [3.63, 3.8) is 0 Å². The minimum absolute atomic E-state index is 0.00398. The quantitative estimate of drug-likeness (QED) is 0.579. The van der Waals surface area contributed by atoms with Crippen LogP contribution in [0.1, 0.15) is 11.4 Å². The SMILES string of the molecule is Cn1c(C(C#N)=C(O)c2cccc(F)c2)nc2ccccc21. The zero-order chi connectivity index (χ0) is 15.7. The molecule has 0 saturated carbocycles. The van der Waals surface area contributed by atoms with E-state index in [0.717, 1.165) is 11.0 Å². The number of para-hydroxylation sites is 2. The highest BCUT2D eigenvalue weighted by Gasteiger charge is 2.17. The van der Waals surface area contributed by atoms with Crippen LogP contribution in [0.25, 0.3) is 22.4 Å². The fraction of sp³-hybridized carbons (Fsp3) is 0.0588. The molecule has 0 aliphatic carbocycles. The Bertz CT molecular complexity index is 934. The lowest BCUT2D eigenvalue weighted by atomic mass is 10.1. The average Bonchev–Trinajstić information content (AvgIpc) is 2.85. The molecule has 3 rings (SSSR count). The molecule has 0 radical (unpaired) electrons. The maximum atomic E-state index is 13.3. The van der Waals surface area contributed by atoms with Gasteiger partial charge in [-0.15, -0.1) is 0 Å². The summed E-state index contributed by atoms with van der Waals surface area (Å²) >= 11 is 0. The van der Waals surface area contributed by atoms with Crippen LogP contribution in [-0.2, 0) is 7.05 Å². The molecule has 1 N–H and O–H groups in total. The van der Waals surface area contributed by atoms with Gasteiger partial charge in [-0.2, -0.15) is 5.26 Å². The summed E-state index contributed by atoms with van der Waals surface area (Å²) in [5.41, 5.74) is 1.81. The number of nitrogens with zero attached hydrogens (tertiary/aromatic N) is 3. The number of fused-ring (bicyclic) bond motifs is 1. The van der Waals surface area contributed by atoms with Gasteiger partial charge in [-0.05, 0) is 24.3 Å². The monoisotopic (exact) mass is 293 g/mol. The Morgan fingerprint density at radius 3 is 2.68 bits per heavy atom. The maximum absolute atomic E-state index is 13.3. The molecular formula is C17H12FN3O. The van der Waals surface area contributed by atoms with Crippen LogP contribution in [0, 0.1) is 17.1 Å². The molecule has 2 aromatic carbocycles. The molecule has 0 spiro atoms. The molecule has 3 aromatic rings. The third-order valence-electron chi connectivity index (χ3n) is 3.46. The van der Waals surface area contributed by atoms with E-state index in [4.69, 9.17) is 0 Å². The number of allylic oxidation sites excluding steroid dienone is 1. The number of hydrogen-bond acceptors (Lipinski definition) is 3. The van der Waals surface area contributed by atoms with Gasteiger partial charge in [0.05, 0.1) is 11.0 Å². The second-order valence-corrected chi connectivity index (χ2v) is 4.83. The second-order valence-electron chi connectivity index (χ2n) is 4.83. The van der Waals surface area contributed by atoms with E-state index in [1.54, 1.807) is 17.7 Å². The number of aryl methyl sites for hydroxylation is 1. The minimum Gasteiger partial charge on any atom is -0.506 e. The Labute approximate surface area is 126 Å². The van der Waals surface area contributed by atoms with Gasteiger partial charge in [0.25, 0.3) is 0 Å². The Morgan fingerprint density at radius 2 is 2.00 bits per heavy atom. The minimum atomic E-state index is -0.480. The predicted octanol–water partition coefficient (Wildman–Crippen LogP) is 3.66. The van der Waals surface area contributed by atoms with Gasteiger partial charge in [0, 0.05) is 12.6 Å².